The van der Waals surface area contributed by atoms with Gasteiger partial charge in [-0.25, -0.2) is 4.98 Å². The zero-order valence-electron chi connectivity index (χ0n) is 9.08. The molecule has 0 radical (unpaired) electrons. The van der Waals surface area contributed by atoms with E-state index < -0.39 is 0 Å². The van der Waals surface area contributed by atoms with Crippen LogP contribution in [0.5, 0.6) is 0 Å². The number of hydrogen-bond donors (Lipinski definition) is 0. The summed E-state index contributed by atoms with van der Waals surface area (Å²) in [6, 6.07) is 9.26. The lowest BCUT2D eigenvalue weighted by molar-refractivity contribution is 0.0735. The maximum atomic E-state index is 12.0. The van der Waals surface area contributed by atoms with Crippen LogP contribution in [-0.4, -0.2) is 21.7 Å². The first-order chi connectivity index (χ1) is 8.77. The first-order valence-corrected chi connectivity index (χ1v) is 6.09. The summed E-state index contributed by atoms with van der Waals surface area (Å²) in [5, 5.41) is 1.76. The van der Waals surface area contributed by atoms with Crippen LogP contribution in [0.4, 0.5) is 0 Å². The van der Waals surface area contributed by atoms with Crippen molar-refractivity contribution in [2.75, 3.05) is 0 Å². The lowest BCUT2D eigenvalue weighted by atomic mass is 10.1. The molecule has 0 fully saturated rings. The summed E-state index contributed by atoms with van der Waals surface area (Å²) in [5.41, 5.74) is 2.99. The monoisotopic (exact) mass is 254 g/mol. The summed E-state index contributed by atoms with van der Waals surface area (Å²) in [6.07, 6.45) is 0. The third-order valence-corrected chi connectivity index (χ3v) is 3.11. The number of fused-ring (bicyclic) bond motifs is 1. The number of aromatic nitrogens is 1. The highest BCUT2D eigenvalue weighted by molar-refractivity contribution is 7.07. The Labute approximate surface area is 107 Å². The van der Waals surface area contributed by atoms with Gasteiger partial charge in [0.05, 0.1) is 16.6 Å². The minimum Gasteiger partial charge on any atom is -0.267 e. The van der Waals surface area contributed by atoms with Gasteiger partial charge in [-0.05, 0) is 18.1 Å². The highest BCUT2D eigenvalue weighted by Crippen LogP contribution is 2.21. The Balaban J connectivity index is 1.98. The minimum absolute atomic E-state index is 0.377. The standard InChI is InChI=1S/C13H6N2O2S/c16-12-10-3-1-2-4-11(10)13(17)15(12)6-5-9-7-18-8-14-9/h1-4,7-8H. The molecule has 0 unspecified atom stereocenters. The Morgan fingerprint density at radius 2 is 1.78 bits per heavy atom. The fourth-order valence-corrected chi connectivity index (χ4v) is 2.16. The van der Waals surface area contributed by atoms with E-state index in [9.17, 15) is 9.59 Å². The molecule has 1 aromatic heterocycles. The van der Waals surface area contributed by atoms with Gasteiger partial charge in [0.1, 0.15) is 5.69 Å². The zero-order chi connectivity index (χ0) is 12.5. The van der Waals surface area contributed by atoms with Crippen molar-refractivity contribution in [2.24, 2.45) is 0 Å². The summed E-state index contributed by atoms with van der Waals surface area (Å²) >= 11 is 1.41. The largest absolute Gasteiger partial charge is 0.273 e. The highest BCUT2D eigenvalue weighted by Gasteiger charge is 2.34. The topological polar surface area (TPSA) is 50.3 Å². The van der Waals surface area contributed by atoms with Crippen LogP contribution in [0.1, 0.15) is 26.4 Å². The molecule has 0 saturated heterocycles. The molecule has 0 saturated carbocycles. The molecule has 3 rings (SSSR count). The number of hydrogen-bond acceptors (Lipinski definition) is 4. The predicted octanol–water partition coefficient (Wildman–Crippen LogP) is 1.75. The third-order valence-electron chi connectivity index (χ3n) is 2.52. The summed E-state index contributed by atoms with van der Waals surface area (Å²) in [7, 11) is 0. The van der Waals surface area contributed by atoms with E-state index in [1.54, 1.807) is 35.2 Å². The maximum absolute atomic E-state index is 12.0. The second-order valence-corrected chi connectivity index (χ2v) is 4.32. The zero-order valence-corrected chi connectivity index (χ0v) is 9.90. The number of carbonyl (C=O) groups excluding carboxylic acids is 2. The van der Waals surface area contributed by atoms with Gasteiger partial charge < -0.3 is 0 Å². The molecule has 4 nitrogen and oxygen atoms in total. The lowest BCUT2D eigenvalue weighted by Crippen LogP contribution is -2.24. The van der Waals surface area contributed by atoms with Gasteiger partial charge in [-0.2, -0.15) is 4.90 Å². The van der Waals surface area contributed by atoms with Crippen molar-refractivity contribution < 1.29 is 9.59 Å². The smallest absolute Gasteiger partial charge is 0.267 e. The van der Waals surface area contributed by atoms with Crippen LogP contribution in [0.2, 0.25) is 0 Å². The van der Waals surface area contributed by atoms with Crippen molar-refractivity contribution >= 4 is 23.2 Å². The molecule has 18 heavy (non-hydrogen) atoms. The molecule has 0 atom stereocenters. The molecule has 1 aliphatic rings. The number of benzene rings is 1. The van der Waals surface area contributed by atoms with Gasteiger partial charge in [-0.3, -0.25) is 9.59 Å². The van der Waals surface area contributed by atoms with E-state index >= 15 is 0 Å². The molecule has 5 heteroatoms. The van der Waals surface area contributed by atoms with Crippen LogP contribution in [0.15, 0.2) is 35.2 Å². The Bertz CT molecular complexity index is 660. The quantitative estimate of drug-likeness (QED) is 0.531. The first-order valence-electron chi connectivity index (χ1n) is 5.15. The highest BCUT2D eigenvalue weighted by atomic mass is 32.1. The SMILES string of the molecule is O=C1c2ccccc2C(=O)N1C#Cc1cscn1. The summed E-state index contributed by atoms with van der Waals surface area (Å²) in [4.78, 5) is 28.8. The summed E-state index contributed by atoms with van der Waals surface area (Å²) in [5.74, 6) is 1.94. The van der Waals surface area contributed by atoms with E-state index in [-0.39, 0.29) is 11.8 Å². The van der Waals surface area contributed by atoms with E-state index in [1.165, 1.54) is 11.3 Å². The number of rotatable bonds is 0. The molecule has 1 aromatic carbocycles. The second kappa shape index (κ2) is 4.09. The fourth-order valence-electron chi connectivity index (χ4n) is 1.68. The molecule has 0 N–H and O–H groups in total. The number of nitrogens with zero attached hydrogens (tertiary/aromatic N) is 2. The molecule has 2 aromatic rings. The van der Waals surface area contributed by atoms with Gasteiger partial charge in [0.15, 0.2) is 0 Å². The Hall–Kier alpha value is -2.45. The minimum atomic E-state index is -0.377. The van der Waals surface area contributed by atoms with Crippen molar-refractivity contribution in [3.63, 3.8) is 0 Å². The van der Waals surface area contributed by atoms with Crippen LogP contribution >= 0.6 is 11.3 Å². The van der Waals surface area contributed by atoms with Crippen molar-refractivity contribution in [1.29, 1.82) is 0 Å². The molecule has 2 heterocycles. The number of thiazole rings is 1. The van der Waals surface area contributed by atoms with Crippen molar-refractivity contribution in [3.8, 4) is 12.0 Å². The van der Waals surface area contributed by atoms with Gasteiger partial charge in [0.2, 0.25) is 0 Å². The Morgan fingerprint density at radius 1 is 1.11 bits per heavy atom. The maximum Gasteiger partial charge on any atom is 0.273 e. The average Bonchev–Trinajstić information content (AvgIpc) is 2.98. The number of amides is 2. The van der Waals surface area contributed by atoms with E-state index in [4.69, 9.17) is 0 Å². The molecule has 2 amide bonds. The normalized spacial score (nSPS) is 13.2. The van der Waals surface area contributed by atoms with Gasteiger partial charge in [0.25, 0.3) is 11.8 Å². The Kier molecular flexibility index (Phi) is 2.43. The molecule has 1 aliphatic heterocycles. The predicted molar refractivity (Wildman–Crippen MR) is 65.9 cm³/mol. The van der Waals surface area contributed by atoms with Gasteiger partial charge in [-0.15, -0.1) is 11.3 Å². The van der Waals surface area contributed by atoms with Gasteiger partial charge in [-0.1, -0.05) is 12.1 Å². The fraction of sp³-hybridized carbons (Fsp3) is 0. The van der Waals surface area contributed by atoms with Gasteiger partial charge >= 0.3 is 0 Å². The number of carbonyl (C=O) groups is 2. The molecule has 86 valence electrons. The van der Waals surface area contributed by atoms with Crippen LogP contribution in [0.3, 0.4) is 0 Å². The summed E-state index contributed by atoms with van der Waals surface area (Å²) < 4.78 is 0. The van der Waals surface area contributed by atoms with Crippen LogP contribution in [0.25, 0.3) is 0 Å². The summed E-state index contributed by atoms with van der Waals surface area (Å²) in [6.45, 7) is 0. The van der Waals surface area contributed by atoms with E-state index in [1.807, 2.05) is 0 Å². The third kappa shape index (κ3) is 1.60. The van der Waals surface area contributed by atoms with Crippen LogP contribution in [-0.2, 0) is 0 Å². The van der Waals surface area contributed by atoms with Crippen LogP contribution in [0, 0.1) is 12.0 Å². The molecule has 0 spiro atoms. The Morgan fingerprint density at radius 3 is 2.33 bits per heavy atom. The van der Waals surface area contributed by atoms with Crippen molar-refractivity contribution in [2.45, 2.75) is 0 Å². The number of imide groups is 1. The van der Waals surface area contributed by atoms with E-state index in [0.29, 0.717) is 16.8 Å². The van der Waals surface area contributed by atoms with E-state index in [0.717, 1.165) is 4.90 Å². The second-order valence-electron chi connectivity index (χ2n) is 3.60. The molecular weight excluding hydrogens is 248 g/mol. The lowest BCUT2D eigenvalue weighted by Gasteiger charge is -2.01. The van der Waals surface area contributed by atoms with Crippen molar-refractivity contribution in [3.05, 3.63) is 52.0 Å². The first kappa shape index (κ1) is 10.7. The molecular formula is C13H6N2O2S. The van der Waals surface area contributed by atoms with Crippen LogP contribution < -0.4 is 0 Å². The van der Waals surface area contributed by atoms with Gasteiger partial charge in [0, 0.05) is 11.4 Å². The van der Waals surface area contributed by atoms with Crippen molar-refractivity contribution in [1.82, 2.24) is 9.88 Å². The average molecular weight is 254 g/mol. The van der Waals surface area contributed by atoms with E-state index in [2.05, 4.69) is 16.9 Å². The molecule has 0 aliphatic carbocycles. The molecule has 0 bridgehead atoms.